The highest BCUT2D eigenvalue weighted by Gasteiger charge is 2.17. The molecule has 16 heavy (non-hydrogen) atoms. The Labute approximate surface area is 103 Å². The Morgan fingerprint density at radius 1 is 1.50 bits per heavy atom. The summed E-state index contributed by atoms with van der Waals surface area (Å²) in [5.74, 6) is 0.0656. The molecule has 0 aliphatic rings. The van der Waals surface area contributed by atoms with Gasteiger partial charge in [0.1, 0.15) is 0 Å². The lowest BCUT2D eigenvalue weighted by molar-refractivity contribution is -0.111. The predicted molar refractivity (Wildman–Crippen MR) is 75.7 cm³/mol. The zero-order valence-electron chi connectivity index (χ0n) is 10.1. The van der Waals surface area contributed by atoms with Crippen molar-refractivity contribution in [2.24, 2.45) is 0 Å². The molecule has 0 saturated heterocycles. The number of ketones is 1. The highest BCUT2D eigenvalue weighted by molar-refractivity contribution is 7.10. The molecule has 1 heterocycles. The average molecular weight is 250 g/mol. The van der Waals surface area contributed by atoms with Crippen molar-refractivity contribution in [3.05, 3.63) is 40.6 Å². The van der Waals surface area contributed by atoms with Gasteiger partial charge in [0.15, 0.2) is 5.78 Å². The minimum absolute atomic E-state index is 0.0656. The molecule has 0 aliphatic carbocycles. The molecule has 0 radical (unpaired) electrons. The molecule has 0 spiro atoms. The monoisotopic (exact) mass is 250 g/mol. The summed E-state index contributed by atoms with van der Waals surface area (Å²) < 4.78 is 0. The van der Waals surface area contributed by atoms with Gasteiger partial charge in [-0.2, -0.15) is 0 Å². The van der Waals surface area contributed by atoms with Crippen LogP contribution < -0.4 is 0 Å². The quantitative estimate of drug-likeness (QED) is 0.565. The Balaban J connectivity index is 2.56. The first-order valence-electron chi connectivity index (χ1n) is 5.32. The van der Waals surface area contributed by atoms with E-state index in [4.69, 9.17) is 0 Å². The van der Waals surface area contributed by atoms with Crippen LogP contribution in [0.25, 0.3) is 6.08 Å². The van der Waals surface area contributed by atoms with Crippen molar-refractivity contribution in [1.82, 2.24) is 0 Å². The topological polar surface area (TPSA) is 17.1 Å². The van der Waals surface area contributed by atoms with E-state index in [0.29, 0.717) is 0 Å². The average Bonchev–Trinajstić information content (AvgIpc) is 2.63. The van der Waals surface area contributed by atoms with E-state index >= 15 is 0 Å². The van der Waals surface area contributed by atoms with Gasteiger partial charge in [0.25, 0.3) is 0 Å². The number of thiophene rings is 1. The summed E-state index contributed by atoms with van der Waals surface area (Å²) in [6.07, 6.45) is 3.50. The molecule has 3 heteroatoms. The second-order valence-corrected chi connectivity index (χ2v) is 11.5. The predicted octanol–water partition coefficient (Wildman–Crippen LogP) is 4.22. The molecule has 1 aromatic heterocycles. The fourth-order valence-electron chi connectivity index (χ4n) is 1.39. The maximum Gasteiger partial charge on any atom is 0.180 e. The minimum Gasteiger partial charge on any atom is -0.290 e. The Hall–Kier alpha value is -0.933. The number of carbonyl (C=O) groups is 1. The van der Waals surface area contributed by atoms with Crippen molar-refractivity contribution >= 4 is 31.3 Å². The zero-order valence-corrected chi connectivity index (χ0v) is 11.9. The van der Waals surface area contributed by atoms with Crippen LogP contribution in [0.2, 0.25) is 25.7 Å². The molecule has 0 atom stereocenters. The Morgan fingerprint density at radius 3 is 2.69 bits per heavy atom. The lowest BCUT2D eigenvalue weighted by Gasteiger charge is -2.15. The summed E-state index contributed by atoms with van der Waals surface area (Å²) in [6.45, 7) is 10.6. The van der Waals surface area contributed by atoms with Crippen molar-refractivity contribution in [2.45, 2.75) is 25.7 Å². The Kier molecular flexibility index (Phi) is 4.44. The summed E-state index contributed by atoms with van der Waals surface area (Å²) in [7, 11) is -1.23. The number of carbonyl (C=O) groups excluding carboxylic acids is 1. The van der Waals surface area contributed by atoms with Crippen LogP contribution in [0, 0.1) is 0 Å². The molecule has 0 bridgehead atoms. The van der Waals surface area contributed by atoms with Gasteiger partial charge >= 0.3 is 0 Å². The van der Waals surface area contributed by atoms with E-state index in [1.54, 1.807) is 17.4 Å². The SMILES string of the molecule is C=C(C[Si](C)(C)C)C(=O)/C=C/c1cccs1. The zero-order chi connectivity index (χ0) is 12.2. The summed E-state index contributed by atoms with van der Waals surface area (Å²) in [5.41, 5.74) is 0.743. The fraction of sp³-hybridized carbons (Fsp3) is 0.308. The van der Waals surface area contributed by atoms with E-state index < -0.39 is 8.07 Å². The number of hydrogen-bond acceptors (Lipinski definition) is 2. The molecule has 0 aliphatic heterocycles. The molecule has 1 rings (SSSR count). The molecule has 0 amide bonds. The van der Waals surface area contributed by atoms with Gasteiger partial charge < -0.3 is 0 Å². The Morgan fingerprint density at radius 2 is 2.19 bits per heavy atom. The molecule has 0 aromatic carbocycles. The van der Waals surface area contributed by atoms with E-state index in [0.717, 1.165) is 16.5 Å². The summed E-state index contributed by atoms with van der Waals surface area (Å²) in [4.78, 5) is 12.9. The maximum atomic E-state index is 11.8. The van der Waals surface area contributed by atoms with E-state index in [9.17, 15) is 4.79 Å². The number of hydrogen-bond donors (Lipinski definition) is 0. The minimum atomic E-state index is -1.23. The molecular formula is C13H18OSSi. The van der Waals surface area contributed by atoms with Crippen molar-refractivity contribution in [1.29, 1.82) is 0 Å². The lowest BCUT2D eigenvalue weighted by Crippen LogP contribution is -2.21. The summed E-state index contributed by atoms with van der Waals surface area (Å²) in [5, 5.41) is 2.00. The third kappa shape index (κ3) is 4.73. The maximum absolute atomic E-state index is 11.8. The third-order valence-electron chi connectivity index (χ3n) is 2.03. The standard InChI is InChI=1S/C13H18OSSi/c1-11(10-16(2,3)4)13(14)8-7-12-6-5-9-15-12/h5-9H,1,10H2,2-4H3/b8-7+. The first-order chi connectivity index (χ1) is 7.38. The van der Waals surface area contributed by atoms with Crippen LogP contribution in [-0.4, -0.2) is 13.9 Å². The van der Waals surface area contributed by atoms with Crippen LogP contribution in [0.5, 0.6) is 0 Å². The van der Waals surface area contributed by atoms with Gasteiger partial charge in [-0.05, 0) is 35.2 Å². The second-order valence-electron chi connectivity index (χ2n) is 5.05. The number of rotatable bonds is 5. The Bertz CT molecular complexity index is 396. The van der Waals surface area contributed by atoms with Gasteiger partial charge in [-0.3, -0.25) is 4.79 Å². The van der Waals surface area contributed by atoms with Crippen LogP contribution in [-0.2, 0) is 4.79 Å². The van der Waals surface area contributed by atoms with Crippen molar-refractivity contribution < 1.29 is 4.79 Å². The van der Waals surface area contributed by atoms with E-state index in [-0.39, 0.29) is 5.78 Å². The normalized spacial score (nSPS) is 11.9. The lowest BCUT2D eigenvalue weighted by atomic mass is 10.2. The van der Waals surface area contributed by atoms with Gasteiger partial charge in [0.2, 0.25) is 0 Å². The summed E-state index contributed by atoms with van der Waals surface area (Å²) in [6, 6.07) is 4.85. The molecule has 0 fully saturated rings. The highest BCUT2D eigenvalue weighted by Crippen LogP contribution is 2.17. The van der Waals surface area contributed by atoms with Gasteiger partial charge in [0.05, 0.1) is 0 Å². The van der Waals surface area contributed by atoms with Crippen LogP contribution >= 0.6 is 11.3 Å². The molecule has 86 valence electrons. The van der Waals surface area contributed by atoms with E-state index in [1.165, 1.54) is 0 Å². The molecule has 1 nitrogen and oxygen atoms in total. The van der Waals surface area contributed by atoms with Crippen LogP contribution in [0.15, 0.2) is 35.7 Å². The third-order valence-corrected chi connectivity index (χ3v) is 4.36. The molecule has 0 unspecified atom stereocenters. The molecule has 1 aromatic rings. The van der Waals surface area contributed by atoms with Crippen LogP contribution in [0.1, 0.15) is 4.88 Å². The van der Waals surface area contributed by atoms with Crippen LogP contribution in [0.4, 0.5) is 0 Å². The number of allylic oxidation sites excluding steroid dienone is 2. The second kappa shape index (κ2) is 5.41. The largest absolute Gasteiger partial charge is 0.290 e. The molecular weight excluding hydrogens is 232 g/mol. The highest BCUT2D eigenvalue weighted by atomic mass is 32.1. The van der Waals surface area contributed by atoms with Crippen LogP contribution in [0.3, 0.4) is 0 Å². The van der Waals surface area contributed by atoms with Crippen molar-refractivity contribution in [3.63, 3.8) is 0 Å². The van der Waals surface area contributed by atoms with Gasteiger partial charge in [0, 0.05) is 13.0 Å². The van der Waals surface area contributed by atoms with E-state index in [2.05, 4.69) is 26.2 Å². The van der Waals surface area contributed by atoms with Gasteiger partial charge in [-0.1, -0.05) is 32.3 Å². The smallest absolute Gasteiger partial charge is 0.180 e. The summed E-state index contributed by atoms with van der Waals surface area (Å²) >= 11 is 1.63. The first-order valence-corrected chi connectivity index (χ1v) is 9.91. The molecule has 0 saturated carbocycles. The fourth-order valence-corrected chi connectivity index (χ4v) is 3.46. The first kappa shape index (κ1) is 13.1. The van der Waals surface area contributed by atoms with Gasteiger partial charge in [-0.25, -0.2) is 0 Å². The van der Waals surface area contributed by atoms with E-state index in [1.807, 2.05) is 23.6 Å². The van der Waals surface area contributed by atoms with Crippen molar-refractivity contribution in [2.75, 3.05) is 0 Å². The van der Waals surface area contributed by atoms with Gasteiger partial charge in [-0.15, -0.1) is 11.3 Å². The van der Waals surface area contributed by atoms with Crippen molar-refractivity contribution in [3.8, 4) is 0 Å². The molecule has 0 N–H and O–H groups in total.